The fourth-order valence-electron chi connectivity index (χ4n) is 2.40. The molecule has 1 atom stereocenters. The van der Waals surface area contributed by atoms with Crippen LogP contribution in [0, 0.1) is 6.92 Å². The Balaban J connectivity index is 0.00000162. The third-order valence-corrected chi connectivity index (χ3v) is 4.34. The number of halogens is 1. The molecule has 2 heterocycles. The van der Waals surface area contributed by atoms with Gasteiger partial charge in [-0.25, -0.2) is 0 Å². The Kier molecular flexibility index (Phi) is 6.12. The second-order valence-electron chi connectivity index (χ2n) is 4.66. The van der Waals surface area contributed by atoms with Gasteiger partial charge in [-0.15, -0.1) is 23.7 Å². The van der Waals surface area contributed by atoms with Crippen molar-refractivity contribution >= 4 is 29.7 Å². The fraction of sp³-hybridized carbons (Fsp3) is 0.615. The van der Waals surface area contributed by atoms with Crippen molar-refractivity contribution in [2.45, 2.75) is 38.6 Å². The molecule has 0 aliphatic carbocycles. The Morgan fingerprint density at radius 2 is 2.28 bits per heavy atom. The summed E-state index contributed by atoms with van der Waals surface area (Å²) in [5, 5.41) is 0. The number of aryl methyl sites for hydroxylation is 1. The maximum Gasteiger partial charge on any atom is 0.228 e. The second-order valence-corrected chi connectivity index (χ2v) is 6.03. The number of thiophene rings is 1. The number of nitrogens with two attached hydrogens (primary N) is 1. The van der Waals surface area contributed by atoms with E-state index in [1.807, 2.05) is 4.90 Å². The molecule has 0 saturated carbocycles. The van der Waals surface area contributed by atoms with E-state index in [1.54, 1.807) is 11.3 Å². The molecule has 1 fully saturated rings. The normalized spacial score (nSPS) is 19.4. The van der Waals surface area contributed by atoms with Crippen molar-refractivity contribution in [3.8, 4) is 0 Å². The number of hydrogen-bond acceptors (Lipinski definition) is 3. The Bertz CT molecular complexity index is 394. The number of likely N-dealkylation sites (tertiary alicyclic amines) is 1. The van der Waals surface area contributed by atoms with Crippen LogP contribution in [0.4, 0.5) is 0 Å². The zero-order chi connectivity index (χ0) is 12.3. The standard InChI is InChI=1S/C13H20N2OS.ClH/c1-10-5-6-12(17-10)8-13(16)15-7-3-2-4-11(15)9-14;/h5-6,11H,2-4,7-9,14H2,1H3;1H. The maximum atomic E-state index is 12.2. The van der Waals surface area contributed by atoms with E-state index in [1.165, 1.54) is 11.3 Å². The summed E-state index contributed by atoms with van der Waals surface area (Å²) in [4.78, 5) is 16.6. The minimum Gasteiger partial charge on any atom is -0.338 e. The van der Waals surface area contributed by atoms with Gasteiger partial charge in [0.25, 0.3) is 0 Å². The molecule has 0 spiro atoms. The van der Waals surface area contributed by atoms with Crippen molar-refractivity contribution in [1.29, 1.82) is 0 Å². The van der Waals surface area contributed by atoms with Crippen LogP contribution in [0.15, 0.2) is 12.1 Å². The summed E-state index contributed by atoms with van der Waals surface area (Å²) < 4.78 is 0. The summed E-state index contributed by atoms with van der Waals surface area (Å²) in [6.45, 7) is 3.54. The summed E-state index contributed by atoms with van der Waals surface area (Å²) >= 11 is 1.71. The first-order valence-corrected chi connectivity index (χ1v) is 7.07. The third-order valence-electron chi connectivity index (χ3n) is 3.34. The Labute approximate surface area is 119 Å². The van der Waals surface area contributed by atoms with Gasteiger partial charge in [-0.1, -0.05) is 0 Å². The number of piperidine rings is 1. The molecule has 1 saturated heterocycles. The third kappa shape index (κ3) is 3.70. The molecule has 1 amide bonds. The Morgan fingerprint density at radius 3 is 2.89 bits per heavy atom. The van der Waals surface area contributed by atoms with E-state index in [2.05, 4.69) is 19.1 Å². The number of carbonyl (C=O) groups is 1. The van der Waals surface area contributed by atoms with Crippen LogP contribution >= 0.6 is 23.7 Å². The SMILES string of the molecule is Cc1ccc(CC(=O)N2CCCCC2CN)s1.Cl. The second kappa shape index (κ2) is 7.12. The smallest absolute Gasteiger partial charge is 0.228 e. The van der Waals surface area contributed by atoms with Crippen LogP contribution in [0.1, 0.15) is 29.0 Å². The van der Waals surface area contributed by atoms with Gasteiger partial charge in [-0.05, 0) is 38.3 Å². The molecule has 2 N–H and O–H groups in total. The number of rotatable bonds is 3. The Morgan fingerprint density at radius 1 is 1.50 bits per heavy atom. The van der Waals surface area contributed by atoms with Crippen molar-refractivity contribution < 1.29 is 4.79 Å². The van der Waals surface area contributed by atoms with E-state index >= 15 is 0 Å². The summed E-state index contributed by atoms with van der Waals surface area (Å²) in [6.07, 6.45) is 3.91. The van der Waals surface area contributed by atoms with Gasteiger partial charge in [0, 0.05) is 28.9 Å². The van der Waals surface area contributed by atoms with Gasteiger partial charge in [0.05, 0.1) is 6.42 Å². The molecular weight excluding hydrogens is 268 g/mol. The highest BCUT2D eigenvalue weighted by atomic mass is 35.5. The molecule has 102 valence electrons. The number of amides is 1. The number of carbonyl (C=O) groups excluding carboxylic acids is 1. The lowest BCUT2D eigenvalue weighted by molar-refractivity contribution is -0.133. The van der Waals surface area contributed by atoms with Crippen LogP contribution in [0.5, 0.6) is 0 Å². The quantitative estimate of drug-likeness (QED) is 0.928. The average molecular weight is 289 g/mol. The van der Waals surface area contributed by atoms with Crippen LogP contribution < -0.4 is 5.73 Å². The maximum absolute atomic E-state index is 12.2. The molecule has 2 rings (SSSR count). The van der Waals surface area contributed by atoms with E-state index < -0.39 is 0 Å². The molecule has 0 bridgehead atoms. The van der Waals surface area contributed by atoms with Gasteiger partial charge in [0.15, 0.2) is 0 Å². The first-order valence-electron chi connectivity index (χ1n) is 6.25. The molecule has 0 radical (unpaired) electrons. The number of hydrogen-bond donors (Lipinski definition) is 1. The van der Waals surface area contributed by atoms with E-state index in [0.29, 0.717) is 13.0 Å². The van der Waals surface area contributed by atoms with E-state index in [0.717, 1.165) is 24.3 Å². The van der Waals surface area contributed by atoms with Gasteiger partial charge in [0.2, 0.25) is 5.91 Å². The number of nitrogens with zero attached hydrogens (tertiary/aromatic N) is 1. The highest BCUT2D eigenvalue weighted by Crippen LogP contribution is 2.20. The highest BCUT2D eigenvalue weighted by molar-refractivity contribution is 7.12. The zero-order valence-electron chi connectivity index (χ0n) is 10.7. The van der Waals surface area contributed by atoms with E-state index in [4.69, 9.17) is 5.73 Å². The lowest BCUT2D eigenvalue weighted by Gasteiger charge is -2.35. The van der Waals surface area contributed by atoms with Crippen molar-refractivity contribution in [1.82, 2.24) is 4.90 Å². The van der Waals surface area contributed by atoms with Gasteiger partial charge in [-0.2, -0.15) is 0 Å². The van der Waals surface area contributed by atoms with E-state index in [-0.39, 0.29) is 24.4 Å². The topological polar surface area (TPSA) is 46.3 Å². The minimum absolute atomic E-state index is 0. The molecule has 5 heteroatoms. The van der Waals surface area contributed by atoms with Crippen LogP contribution in [-0.4, -0.2) is 29.9 Å². The van der Waals surface area contributed by atoms with Crippen molar-refractivity contribution in [2.24, 2.45) is 5.73 Å². The van der Waals surface area contributed by atoms with Crippen LogP contribution in [-0.2, 0) is 11.2 Å². The predicted molar refractivity (Wildman–Crippen MR) is 78.4 cm³/mol. The van der Waals surface area contributed by atoms with Crippen molar-refractivity contribution in [3.05, 3.63) is 21.9 Å². The first-order chi connectivity index (χ1) is 8.20. The lowest BCUT2D eigenvalue weighted by atomic mass is 10.0. The molecule has 1 aliphatic rings. The van der Waals surface area contributed by atoms with Crippen molar-refractivity contribution in [2.75, 3.05) is 13.1 Å². The average Bonchev–Trinajstić information content (AvgIpc) is 2.74. The summed E-state index contributed by atoms with van der Waals surface area (Å²) in [6, 6.07) is 4.39. The van der Waals surface area contributed by atoms with E-state index in [9.17, 15) is 4.79 Å². The van der Waals surface area contributed by atoms with Gasteiger partial charge in [-0.3, -0.25) is 4.79 Å². The molecular formula is C13H21ClN2OS. The molecule has 3 nitrogen and oxygen atoms in total. The van der Waals surface area contributed by atoms with Gasteiger partial charge in [0.1, 0.15) is 0 Å². The monoisotopic (exact) mass is 288 g/mol. The lowest BCUT2D eigenvalue weighted by Crippen LogP contribution is -2.47. The van der Waals surface area contributed by atoms with Crippen LogP contribution in [0.25, 0.3) is 0 Å². The van der Waals surface area contributed by atoms with Crippen LogP contribution in [0.3, 0.4) is 0 Å². The largest absolute Gasteiger partial charge is 0.338 e. The summed E-state index contributed by atoms with van der Waals surface area (Å²) in [5.74, 6) is 0.238. The van der Waals surface area contributed by atoms with Crippen LogP contribution in [0.2, 0.25) is 0 Å². The predicted octanol–water partition coefficient (Wildman–Crippen LogP) is 2.36. The Hall–Kier alpha value is -0.580. The highest BCUT2D eigenvalue weighted by Gasteiger charge is 2.25. The summed E-state index contributed by atoms with van der Waals surface area (Å²) in [7, 11) is 0. The minimum atomic E-state index is 0. The first kappa shape index (κ1) is 15.5. The molecule has 0 aromatic carbocycles. The molecule has 1 aromatic heterocycles. The van der Waals surface area contributed by atoms with Gasteiger partial charge >= 0.3 is 0 Å². The molecule has 1 unspecified atom stereocenters. The van der Waals surface area contributed by atoms with Crippen molar-refractivity contribution in [3.63, 3.8) is 0 Å². The molecule has 1 aromatic rings. The van der Waals surface area contributed by atoms with Gasteiger partial charge < -0.3 is 10.6 Å². The molecule has 1 aliphatic heterocycles. The molecule has 18 heavy (non-hydrogen) atoms. The fourth-order valence-corrected chi connectivity index (χ4v) is 3.29. The summed E-state index contributed by atoms with van der Waals surface area (Å²) in [5.41, 5.74) is 5.74. The zero-order valence-corrected chi connectivity index (χ0v) is 12.4.